The molecular formula is C8BF17. The molecule has 0 aliphatic heterocycles. The van der Waals surface area contributed by atoms with E-state index in [1.54, 1.807) is 0 Å². The third-order valence-corrected chi connectivity index (χ3v) is 2.75. The van der Waals surface area contributed by atoms with Gasteiger partial charge in [0.15, 0.2) is 7.85 Å². The van der Waals surface area contributed by atoms with E-state index in [1.165, 1.54) is 0 Å². The first-order valence-corrected chi connectivity index (χ1v) is 5.25. The van der Waals surface area contributed by atoms with Crippen LogP contribution in [0.4, 0.5) is 74.6 Å². The SMILES string of the molecule is [B]C(F)(F)C(F)(F)C(F)(F)C(F)(F)C(F)(F)C(F)(F)C(F)(F)C(F)(F)F. The van der Waals surface area contributed by atoms with Crippen LogP contribution in [-0.2, 0) is 0 Å². The molecule has 0 aliphatic rings. The molecule has 0 unspecified atom stereocenters. The van der Waals surface area contributed by atoms with Gasteiger partial charge in [-0.05, 0) is 0 Å². The first-order valence-electron chi connectivity index (χ1n) is 5.25. The number of halogens is 17. The second kappa shape index (κ2) is 5.69. The standard InChI is InChI=1S/C8BF17/c9-7(22,23)5(18,19)3(14,15)1(10,11)2(12,13)4(16,17)6(20,21)8(24,25)26. The maximum absolute atomic E-state index is 12.9. The van der Waals surface area contributed by atoms with Crippen molar-refractivity contribution in [3.63, 3.8) is 0 Å². The Labute approximate surface area is 131 Å². The van der Waals surface area contributed by atoms with E-state index in [0.717, 1.165) is 0 Å². The van der Waals surface area contributed by atoms with E-state index in [0.29, 0.717) is 0 Å². The number of alkyl halides is 17. The Balaban J connectivity index is 6.61. The molecule has 0 fully saturated rings. The van der Waals surface area contributed by atoms with Gasteiger partial charge in [0.1, 0.15) is 0 Å². The topological polar surface area (TPSA) is 0 Å². The summed E-state index contributed by atoms with van der Waals surface area (Å²) in [6.07, 6.45) is -7.76. The second-order valence-corrected chi connectivity index (χ2v) is 4.57. The predicted molar refractivity (Wildman–Crippen MR) is 46.4 cm³/mol. The predicted octanol–water partition coefficient (Wildman–Crippen LogP) is 5.12. The summed E-state index contributed by atoms with van der Waals surface area (Å²) >= 11 is 0. The molecule has 0 bridgehead atoms. The zero-order valence-electron chi connectivity index (χ0n) is 11.0. The monoisotopic (exact) mass is 430 g/mol. The van der Waals surface area contributed by atoms with Crippen molar-refractivity contribution < 1.29 is 74.6 Å². The molecule has 0 aromatic heterocycles. The molecule has 0 spiro atoms. The highest BCUT2D eigenvalue weighted by atomic mass is 19.4. The minimum atomic E-state index is -8.61. The van der Waals surface area contributed by atoms with E-state index in [-0.39, 0.29) is 0 Å². The van der Waals surface area contributed by atoms with Crippen molar-refractivity contribution >= 4 is 7.85 Å². The highest BCUT2D eigenvalue weighted by Gasteiger charge is 2.94. The maximum atomic E-state index is 12.9. The van der Waals surface area contributed by atoms with Gasteiger partial charge in [-0.3, -0.25) is 0 Å². The van der Waals surface area contributed by atoms with Crippen molar-refractivity contribution in [1.29, 1.82) is 0 Å². The van der Waals surface area contributed by atoms with Gasteiger partial charge >= 0.3 is 41.7 Å². The largest absolute Gasteiger partial charge is 0.460 e. The normalized spacial score (nSPS) is 16.8. The third kappa shape index (κ3) is 2.86. The van der Waals surface area contributed by atoms with Crippen molar-refractivity contribution in [3.05, 3.63) is 0 Å². The minimum absolute atomic E-state index is 3.05. The molecular weight excluding hydrogens is 430 g/mol. The summed E-state index contributed by atoms with van der Waals surface area (Å²) < 4.78 is 211. The first kappa shape index (κ1) is 24.9. The summed E-state index contributed by atoms with van der Waals surface area (Å²) in [6.45, 7) is 0. The highest BCUT2D eigenvalue weighted by Crippen LogP contribution is 2.63. The van der Waals surface area contributed by atoms with Gasteiger partial charge in [-0.25, -0.2) is 8.78 Å². The molecule has 0 saturated heterocycles. The average Bonchev–Trinajstić information content (AvgIpc) is 2.34. The van der Waals surface area contributed by atoms with Gasteiger partial charge in [0.05, 0.1) is 0 Å². The highest BCUT2D eigenvalue weighted by molar-refractivity contribution is 6.14. The summed E-state index contributed by atoms with van der Waals surface area (Å²) in [6, 6.07) is 0. The Morgan fingerprint density at radius 2 is 0.500 bits per heavy atom. The molecule has 0 aliphatic carbocycles. The Bertz CT molecular complexity index is 474. The van der Waals surface area contributed by atoms with E-state index < -0.39 is 47.5 Å². The van der Waals surface area contributed by atoms with Crippen LogP contribution < -0.4 is 0 Å². The van der Waals surface area contributed by atoms with Crippen LogP contribution in [0.3, 0.4) is 0 Å². The smallest absolute Gasteiger partial charge is 0.212 e. The van der Waals surface area contributed by atoms with Gasteiger partial charge < -0.3 is 0 Å². The lowest BCUT2D eigenvalue weighted by molar-refractivity contribution is -0.458. The van der Waals surface area contributed by atoms with Gasteiger partial charge in [-0.2, -0.15) is 65.9 Å². The second-order valence-electron chi connectivity index (χ2n) is 4.57. The van der Waals surface area contributed by atoms with Crippen molar-refractivity contribution in [2.75, 3.05) is 0 Å². The molecule has 0 nitrogen and oxygen atoms in total. The van der Waals surface area contributed by atoms with Gasteiger partial charge in [-0.1, -0.05) is 0 Å². The fourth-order valence-electron chi connectivity index (χ4n) is 1.18. The molecule has 0 heterocycles. The molecule has 0 rings (SSSR count). The van der Waals surface area contributed by atoms with Crippen LogP contribution in [0.2, 0.25) is 0 Å². The zero-order valence-corrected chi connectivity index (χ0v) is 11.0. The number of rotatable bonds is 6. The first-order chi connectivity index (χ1) is 10.8. The van der Waals surface area contributed by atoms with Crippen molar-refractivity contribution in [1.82, 2.24) is 0 Å². The lowest BCUT2D eigenvalue weighted by Crippen LogP contribution is -2.74. The summed E-state index contributed by atoms with van der Waals surface area (Å²) in [4.78, 5) is 0. The van der Waals surface area contributed by atoms with Crippen molar-refractivity contribution in [3.8, 4) is 0 Å². The van der Waals surface area contributed by atoms with Gasteiger partial charge in [-0.15, -0.1) is 0 Å². The van der Waals surface area contributed by atoms with Crippen LogP contribution in [0.25, 0.3) is 0 Å². The molecule has 0 aromatic carbocycles. The maximum Gasteiger partial charge on any atom is 0.460 e. The van der Waals surface area contributed by atoms with Crippen LogP contribution >= 0.6 is 0 Å². The van der Waals surface area contributed by atoms with E-state index in [9.17, 15) is 74.6 Å². The summed E-state index contributed by atoms with van der Waals surface area (Å²) in [5.74, 6) is -56.7. The van der Waals surface area contributed by atoms with E-state index >= 15 is 0 Å². The summed E-state index contributed by atoms with van der Waals surface area (Å²) in [5.41, 5.74) is 0. The Morgan fingerprint density at radius 3 is 0.692 bits per heavy atom. The molecule has 18 heteroatoms. The lowest BCUT2D eigenvalue weighted by atomic mass is 9.82. The van der Waals surface area contributed by atoms with Gasteiger partial charge in [0, 0.05) is 0 Å². The fourth-order valence-corrected chi connectivity index (χ4v) is 1.18. The molecule has 0 saturated carbocycles. The molecule has 154 valence electrons. The molecule has 26 heavy (non-hydrogen) atoms. The van der Waals surface area contributed by atoms with Gasteiger partial charge in [0.25, 0.3) is 5.82 Å². The molecule has 0 atom stereocenters. The van der Waals surface area contributed by atoms with Gasteiger partial charge in [0.2, 0.25) is 0 Å². The van der Waals surface area contributed by atoms with E-state index in [2.05, 4.69) is 7.85 Å². The number of hydrogen-bond donors (Lipinski definition) is 0. The zero-order chi connectivity index (χ0) is 22.0. The molecule has 0 aromatic rings. The van der Waals surface area contributed by atoms with E-state index in [4.69, 9.17) is 0 Å². The minimum Gasteiger partial charge on any atom is -0.212 e. The Morgan fingerprint density at radius 1 is 0.308 bits per heavy atom. The average molecular weight is 430 g/mol. The molecule has 0 N–H and O–H groups in total. The van der Waals surface area contributed by atoms with Crippen LogP contribution in [-0.4, -0.2) is 55.4 Å². The van der Waals surface area contributed by atoms with Crippen molar-refractivity contribution in [2.24, 2.45) is 0 Å². The van der Waals surface area contributed by atoms with E-state index in [1.807, 2.05) is 0 Å². The van der Waals surface area contributed by atoms with Crippen LogP contribution in [0.15, 0.2) is 0 Å². The van der Waals surface area contributed by atoms with Crippen LogP contribution in [0, 0.1) is 0 Å². The number of hydrogen-bond acceptors (Lipinski definition) is 0. The summed E-state index contributed by atoms with van der Waals surface area (Å²) in [7, 11) is 3.05. The molecule has 0 amide bonds. The quantitative estimate of drug-likeness (QED) is 0.406. The lowest BCUT2D eigenvalue weighted by Gasteiger charge is -2.42. The van der Waals surface area contributed by atoms with Crippen molar-refractivity contribution in [2.45, 2.75) is 47.5 Å². The van der Waals surface area contributed by atoms with Crippen LogP contribution in [0.5, 0.6) is 0 Å². The third-order valence-electron chi connectivity index (χ3n) is 2.75. The van der Waals surface area contributed by atoms with Crippen LogP contribution in [0.1, 0.15) is 0 Å². The fraction of sp³-hybridized carbons (Fsp3) is 1.00. The Hall–Kier alpha value is -1.13. The Kier molecular flexibility index (Phi) is 5.44. The molecule has 2 radical (unpaired) electrons. The summed E-state index contributed by atoms with van der Waals surface area (Å²) in [5, 5.41) is 0.